The molecule has 3 N–H and O–H groups in total. The van der Waals surface area contributed by atoms with Crippen LogP contribution in [-0.2, 0) is 0 Å². The fraction of sp³-hybridized carbons (Fsp3) is 0.533. The molecule has 2 rings (SSSR count). The number of carbonyl (C=O) groups is 1. The molecule has 116 valence electrons. The van der Waals surface area contributed by atoms with Gasteiger partial charge in [-0.3, -0.25) is 0 Å². The normalized spacial score (nSPS) is 18.2. The lowest BCUT2D eigenvalue weighted by atomic mass is 10.1. The van der Waals surface area contributed by atoms with Crippen molar-refractivity contribution in [2.24, 2.45) is 0 Å². The second-order valence-corrected chi connectivity index (χ2v) is 5.94. The van der Waals surface area contributed by atoms with Gasteiger partial charge in [-0.05, 0) is 50.7 Å². The van der Waals surface area contributed by atoms with E-state index in [9.17, 15) is 9.90 Å². The first-order valence-electron chi connectivity index (χ1n) is 7.21. The first kappa shape index (κ1) is 16.1. The van der Waals surface area contributed by atoms with Crippen LogP contribution in [-0.4, -0.2) is 48.8 Å². The average molecular weight is 312 g/mol. The fourth-order valence-electron chi connectivity index (χ4n) is 2.38. The first-order chi connectivity index (χ1) is 10.0. The molecule has 21 heavy (non-hydrogen) atoms. The van der Waals surface area contributed by atoms with Gasteiger partial charge in [0, 0.05) is 17.6 Å². The summed E-state index contributed by atoms with van der Waals surface area (Å²) in [5.41, 5.74) is 0.735. The van der Waals surface area contributed by atoms with Gasteiger partial charge < -0.3 is 20.6 Å². The molecule has 1 fully saturated rings. The van der Waals surface area contributed by atoms with E-state index in [4.69, 9.17) is 11.6 Å². The molecule has 0 saturated carbocycles. The topological polar surface area (TPSA) is 64.6 Å². The van der Waals surface area contributed by atoms with Gasteiger partial charge in [0.2, 0.25) is 0 Å². The Morgan fingerprint density at radius 3 is 2.62 bits per heavy atom. The lowest BCUT2D eigenvalue weighted by Gasteiger charge is -2.29. The number of benzene rings is 1. The number of nitrogens with zero attached hydrogens (tertiary/aromatic N) is 1. The van der Waals surface area contributed by atoms with Crippen LogP contribution in [0.4, 0.5) is 4.79 Å². The van der Waals surface area contributed by atoms with Crippen molar-refractivity contribution in [2.75, 3.05) is 26.7 Å². The minimum absolute atomic E-state index is 0.181. The Morgan fingerprint density at radius 2 is 2.00 bits per heavy atom. The van der Waals surface area contributed by atoms with Gasteiger partial charge in [0.05, 0.1) is 6.10 Å². The summed E-state index contributed by atoms with van der Waals surface area (Å²) in [5, 5.41) is 16.3. The van der Waals surface area contributed by atoms with Gasteiger partial charge in [-0.15, -0.1) is 0 Å². The van der Waals surface area contributed by atoms with Crippen LogP contribution in [0.15, 0.2) is 24.3 Å². The van der Waals surface area contributed by atoms with Gasteiger partial charge in [0.1, 0.15) is 0 Å². The molecule has 1 heterocycles. The van der Waals surface area contributed by atoms with Crippen LogP contribution in [0.2, 0.25) is 5.02 Å². The number of aliphatic hydroxyl groups is 1. The highest BCUT2D eigenvalue weighted by atomic mass is 35.5. The molecule has 1 aromatic rings. The van der Waals surface area contributed by atoms with Gasteiger partial charge in [0.25, 0.3) is 0 Å². The number of urea groups is 1. The van der Waals surface area contributed by atoms with Crippen LogP contribution < -0.4 is 10.6 Å². The van der Waals surface area contributed by atoms with Crippen LogP contribution in [0.1, 0.15) is 24.5 Å². The van der Waals surface area contributed by atoms with Crippen molar-refractivity contribution in [3.8, 4) is 0 Å². The molecule has 1 aliphatic rings. The molecule has 6 heteroatoms. The van der Waals surface area contributed by atoms with Crippen LogP contribution in [0, 0.1) is 0 Å². The van der Waals surface area contributed by atoms with E-state index in [1.165, 1.54) is 0 Å². The van der Waals surface area contributed by atoms with E-state index in [0.29, 0.717) is 5.02 Å². The molecule has 1 aromatic carbocycles. The molecule has 5 nitrogen and oxygen atoms in total. The SMILES string of the molecule is CN1CCC(NC(=O)NCC(O)c2ccc(Cl)cc2)CC1. The highest BCUT2D eigenvalue weighted by Gasteiger charge is 2.18. The largest absolute Gasteiger partial charge is 0.387 e. The summed E-state index contributed by atoms with van der Waals surface area (Å²) in [6, 6.07) is 6.94. The predicted molar refractivity (Wildman–Crippen MR) is 83.5 cm³/mol. The summed E-state index contributed by atoms with van der Waals surface area (Å²) in [6.07, 6.45) is 1.19. The number of hydrogen-bond acceptors (Lipinski definition) is 3. The van der Waals surface area contributed by atoms with Crippen molar-refractivity contribution in [2.45, 2.75) is 25.0 Å². The molecule has 0 radical (unpaired) electrons. The number of rotatable bonds is 4. The molecule has 0 spiro atoms. The minimum atomic E-state index is -0.731. The van der Waals surface area contributed by atoms with Crippen LogP contribution >= 0.6 is 11.6 Å². The van der Waals surface area contributed by atoms with Crippen molar-refractivity contribution >= 4 is 17.6 Å². The maximum atomic E-state index is 11.8. The maximum Gasteiger partial charge on any atom is 0.315 e. The van der Waals surface area contributed by atoms with Crippen molar-refractivity contribution in [3.63, 3.8) is 0 Å². The number of hydrogen-bond donors (Lipinski definition) is 3. The van der Waals surface area contributed by atoms with E-state index in [1.807, 2.05) is 0 Å². The standard InChI is InChI=1S/C15H22ClN3O2/c1-19-8-6-13(7-9-19)18-15(21)17-10-14(20)11-2-4-12(16)5-3-11/h2-5,13-14,20H,6-10H2,1H3,(H2,17,18,21). The third-order valence-corrected chi connectivity index (χ3v) is 4.02. The van der Waals surface area contributed by atoms with E-state index in [0.717, 1.165) is 31.5 Å². The molecular weight excluding hydrogens is 290 g/mol. The monoisotopic (exact) mass is 311 g/mol. The second kappa shape index (κ2) is 7.64. The van der Waals surface area contributed by atoms with E-state index in [-0.39, 0.29) is 18.6 Å². The number of amides is 2. The number of nitrogens with one attached hydrogen (secondary N) is 2. The third kappa shape index (κ3) is 5.19. The third-order valence-electron chi connectivity index (χ3n) is 3.76. The number of halogens is 1. The molecule has 1 aliphatic heterocycles. The van der Waals surface area contributed by atoms with Crippen LogP contribution in [0.25, 0.3) is 0 Å². The van der Waals surface area contributed by atoms with Gasteiger partial charge in [-0.2, -0.15) is 0 Å². The Bertz CT molecular complexity index is 458. The molecule has 0 bridgehead atoms. The quantitative estimate of drug-likeness (QED) is 0.794. The summed E-state index contributed by atoms with van der Waals surface area (Å²) >= 11 is 5.80. The second-order valence-electron chi connectivity index (χ2n) is 5.50. The lowest BCUT2D eigenvalue weighted by Crippen LogP contribution is -2.47. The predicted octanol–water partition coefficient (Wildman–Crippen LogP) is 1.77. The summed E-state index contributed by atoms with van der Waals surface area (Å²) < 4.78 is 0. The lowest BCUT2D eigenvalue weighted by molar-refractivity contribution is 0.170. The van der Waals surface area contributed by atoms with E-state index < -0.39 is 6.10 Å². The molecule has 0 aliphatic carbocycles. The number of aliphatic hydroxyl groups excluding tert-OH is 1. The highest BCUT2D eigenvalue weighted by molar-refractivity contribution is 6.30. The Kier molecular flexibility index (Phi) is 5.85. The number of carbonyl (C=O) groups excluding carboxylic acids is 1. The molecule has 1 atom stereocenters. The number of likely N-dealkylation sites (tertiary alicyclic amines) is 1. The summed E-state index contributed by atoms with van der Waals surface area (Å²) in [5.74, 6) is 0. The summed E-state index contributed by atoms with van der Waals surface area (Å²) in [6.45, 7) is 2.18. The average Bonchev–Trinajstić information content (AvgIpc) is 2.48. The van der Waals surface area contributed by atoms with Gasteiger partial charge in [-0.25, -0.2) is 4.79 Å². The number of piperidine rings is 1. The zero-order valence-corrected chi connectivity index (χ0v) is 12.9. The minimum Gasteiger partial charge on any atom is -0.387 e. The Morgan fingerprint density at radius 1 is 1.38 bits per heavy atom. The molecule has 1 unspecified atom stereocenters. The van der Waals surface area contributed by atoms with Crippen LogP contribution in [0.3, 0.4) is 0 Å². The van der Waals surface area contributed by atoms with E-state index in [2.05, 4.69) is 22.6 Å². The van der Waals surface area contributed by atoms with E-state index in [1.54, 1.807) is 24.3 Å². The molecule has 0 aromatic heterocycles. The Labute approximate surface area is 130 Å². The van der Waals surface area contributed by atoms with Crippen molar-refractivity contribution in [1.29, 1.82) is 0 Å². The van der Waals surface area contributed by atoms with Crippen LogP contribution in [0.5, 0.6) is 0 Å². The molecule has 1 saturated heterocycles. The van der Waals surface area contributed by atoms with Gasteiger partial charge in [0.15, 0.2) is 0 Å². The van der Waals surface area contributed by atoms with Gasteiger partial charge >= 0.3 is 6.03 Å². The zero-order valence-electron chi connectivity index (χ0n) is 12.2. The molecule has 2 amide bonds. The molecular formula is C15H22ClN3O2. The van der Waals surface area contributed by atoms with Crippen molar-refractivity contribution in [1.82, 2.24) is 15.5 Å². The summed E-state index contributed by atoms with van der Waals surface area (Å²) in [4.78, 5) is 14.1. The summed E-state index contributed by atoms with van der Waals surface area (Å²) in [7, 11) is 2.08. The fourth-order valence-corrected chi connectivity index (χ4v) is 2.51. The Hall–Kier alpha value is -1.30. The Balaban J connectivity index is 1.72. The first-order valence-corrected chi connectivity index (χ1v) is 7.59. The van der Waals surface area contributed by atoms with Crippen molar-refractivity contribution in [3.05, 3.63) is 34.9 Å². The van der Waals surface area contributed by atoms with Gasteiger partial charge in [-0.1, -0.05) is 23.7 Å². The zero-order chi connectivity index (χ0) is 15.2. The highest BCUT2D eigenvalue weighted by Crippen LogP contribution is 2.15. The smallest absolute Gasteiger partial charge is 0.315 e. The van der Waals surface area contributed by atoms with Crippen molar-refractivity contribution < 1.29 is 9.90 Å². The maximum absolute atomic E-state index is 11.8. The van der Waals surface area contributed by atoms with E-state index >= 15 is 0 Å².